The lowest BCUT2D eigenvalue weighted by atomic mass is 9.63. The van der Waals surface area contributed by atoms with E-state index < -0.39 is 0 Å². The van der Waals surface area contributed by atoms with Gasteiger partial charge in [-0.2, -0.15) is 0 Å². The Kier molecular flexibility index (Phi) is 8.98. The molecule has 0 bridgehead atoms. The number of benzene rings is 7. The van der Waals surface area contributed by atoms with Crippen molar-refractivity contribution in [2.24, 2.45) is 5.92 Å². The van der Waals surface area contributed by atoms with E-state index in [0.717, 1.165) is 19.3 Å². The molecule has 0 saturated carbocycles. The summed E-state index contributed by atoms with van der Waals surface area (Å²) < 4.78 is 0. The molecule has 13 rings (SSSR count). The predicted molar refractivity (Wildman–Crippen MR) is 277 cm³/mol. The summed E-state index contributed by atoms with van der Waals surface area (Å²) in [6, 6.07) is 64.8. The van der Waals surface area contributed by atoms with Crippen LogP contribution < -0.4 is 4.90 Å². The normalized spacial score (nSPS) is 23.6. The van der Waals surface area contributed by atoms with Crippen molar-refractivity contribution in [2.75, 3.05) is 4.90 Å². The molecule has 1 heteroatoms. The molecule has 6 aliphatic rings. The maximum Gasteiger partial charge on any atom is 0.0520 e. The van der Waals surface area contributed by atoms with Gasteiger partial charge in [-0.3, -0.25) is 0 Å². The Balaban J connectivity index is 0.964. The fraction of sp³-hybridized carbons (Fsp3) is 0.200. The summed E-state index contributed by atoms with van der Waals surface area (Å²) >= 11 is 0. The van der Waals surface area contributed by atoms with Gasteiger partial charge in [-0.15, -0.1) is 0 Å². The van der Waals surface area contributed by atoms with Crippen molar-refractivity contribution in [3.05, 3.63) is 256 Å². The van der Waals surface area contributed by atoms with Gasteiger partial charge in [0.15, 0.2) is 0 Å². The smallest absolute Gasteiger partial charge is 0.0520 e. The minimum Gasteiger partial charge on any atom is -0.358 e. The van der Waals surface area contributed by atoms with E-state index in [4.69, 9.17) is 0 Å². The molecule has 0 fully saturated rings. The van der Waals surface area contributed by atoms with Crippen molar-refractivity contribution >= 4 is 16.8 Å². The van der Waals surface area contributed by atoms with Gasteiger partial charge in [-0.25, -0.2) is 0 Å². The SMILES string of the molecule is Cc1ccc(-c2ccc(N(C3C=C4C(=CC3)c3ccccc3C4(C)C)C3C=C4C(=CC3)c3cc(-c5ccc(-c6ccccc6)cc5)ccc3C43c4ccccc4C4C=CCCC43)cc2)cc1. The van der Waals surface area contributed by atoms with E-state index in [0.29, 0.717) is 11.8 Å². The van der Waals surface area contributed by atoms with Crippen molar-refractivity contribution in [1.29, 1.82) is 0 Å². The van der Waals surface area contributed by atoms with Crippen LogP contribution in [0.25, 0.3) is 44.5 Å². The van der Waals surface area contributed by atoms with E-state index >= 15 is 0 Å². The number of fused-ring (bicyclic) bond motifs is 13. The van der Waals surface area contributed by atoms with Crippen LogP contribution >= 0.6 is 0 Å². The summed E-state index contributed by atoms with van der Waals surface area (Å²) in [6.45, 7) is 7.02. The summed E-state index contributed by atoms with van der Waals surface area (Å²) in [5.74, 6) is 0.852. The Bertz CT molecular complexity index is 3230. The zero-order chi connectivity index (χ0) is 44.1. The van der Waals surface area contributed by atoms with Crippen molar-refractivity contribution in [3.63, 3.8) is 0 Å². The predicted octanol–water partition coefficient (Wildman–Crippen LogP) is 16.0. The minimum absolute atomic E-state index is 0.0615. The van der Waals surface area contributed by atoms with Gasteiger partial charge in [-0.05, 0) is 146 Å². The van der Waals surface area contributed by atoms with Gasteiger partial charge in [-0.1, -0.05) is 208 Å². The van der Waals surface area contributed by atoms with Crippen LogP contribution in [0, 0.1) is 12.8 Å². The van der Waals surface area contributed by atoms with E-state index in [2.05, 4.69) is 232 Å². The number of nitrogens with zero attached hydrogens (tertiary/aromatic N) is 1. The molecule has 0 N–H and O–H groups in total. The fourth-order valence-corrected chi connectivity index (χ4v) is 13.4. The number of allylic oxidation sites excluding steroid dienone is 6. The summed E-state index contributed by atoms with van der Waals surface area (Å²) in [4.78, 5) is 2.80. The molecule has 0 saturated heterocycles. The van der Waals surface area contributed by atoms with Crippen LogP contribution in [-0.4, -0.2) is 12.1 Å². The second kappa shape index (κ2) is 15.0. The summed E-state index contributed by atoms with van der Waals surface area (Å²) in [5, 5.41) is 0. The molecule has 0 amide bonds. The standard InChI is InChI=1S/C65H55N/c1-42-21-23-44(24-22-42)46-29-32-49(33-30-46)66(50-34-36-55-52-15-7-10-18-58(52)64(2,3)62(55)40-50)51-35-37-56-57-39-48(47-27-25-45(26-28-47)43-13-5-4-6-14-43)31-38-61(57)65(63(56)41-51)59-19-11-8-16-53(59)54-17-9-12-20-60(54)65/h4-11,13-19,21-33,36-41,50-51,54,60H,12,20,34-35H2,1-3H3. The molecule has 7 aromatic carbocycles. The molecule has 1 spiro atoms. The Morgan fingerprint density at radius 1 is 0.500 bits per heavy atom. The summed E-state index contributed by atoms with van der Waals surface area (Å²) in [7, 11) is 0. The highest BCUT2D eigenvalue weighted by Gasteiger charge is 2.59. The van der Waals surface area contributed by atoms with Gasteiger partial charge in [0.05, 0.1) is 17.5 Å². The van der Waals surface area contributed by atoms with Crippen LogP contribution in [-0.2, 0) is 10.8 Å². The third-order valence-corrected chi connectivity index (χ3v) is 16.5. The number of rotatable bonds is 6. The van der Waals surface area contributed by atoms with E-state index in [1.165, 1.54) is 107 Å². The zero-order valence-electron chi connectivity index (χ0n) is 38.2. The van der Waals surface area contributed by atoms with Crippen LogP contribution in [0.15, 0.2) is 217 Å². The van der Waals surface area contributed by atoms with Gasteiger partial charge < -0.3 is 4.90 Å². The molecule has 5 unspecified atom stereocenters. The molecule has 0 radical (unpaired) electrons. The maximum atomic E-state index is 2.80. The molecular weight excluding hydrogens is 795 g/mol. The molecule has 7 aromatic rings. The van der Waals surface area contributed by atoms with Gasteiger partial charge in [0.2, 0.25) is 0 Å². The van der Waals surface area contributed by atoms with Gasteiger partial charge in [0.1, 0.15) is 0 Å². The second-order valence-electron chi connectivity index (χ2n) is 20.2. The Morgan fingerprint density at radius 3 is 1.79 bits per heavy atom. The topological polar surface area (TPSA) is 3.24 Å². The first kappa shape index (κ1) is 39.4. The lowest BCUT2D eigenvalue weighted by Gasteiger charge is -2.43. The largest absolute Gasteiger partial charge is 0.358 e. The van der Waals surface area contributed by atoms with Crippen molar-refractivity contribution in [2.45, 2.75) is 75.3 Å². The number of aryl methyl sites for hydroxylation is 1. The van der Waals surface area contributed by atoms with Crippen molar-refractivity contribution < 1.29 is 0 Å². The van der Waals surface area contributed by atoms with E-state index in [-0.39, 0.29) is 22.9 Å². The first-order chi connectivity index (χ1) is 32.4. The van der Waals surface area contributed by atoms with E-state index in [9.17, 15) is 0 Å². The van der Waals surface area contributed by atoms with Crippen LogP contribution in [0.2, 0.25) is 0 Å². The molecule has 66 heavy (non-hydrogen) atoms. The molecular formula is C65H55N. The average molecular weight is 850 g/mol. The molecule has 320 valence electrons. The minimum atomic E-state index is -0.226. The highest BCUT2D eigenvalue weighted by molar-refractivity contribution is 5.96. The van der Waals surface area contributed by atoms with Crippen LogP contribution in [0.1, 0.15) is 84.4 Å². The highest BCUT2D eigenvalue weighted by atomic mass is 15.2. The second-order valence-corrected chi connectivity index (χ2v) is 20.2. The van der Waals surface area contributed by atoms with E-state index in [1.807, 2.05) is 0 Å². The summed E-state index contributed by atoms with van der Waals surface area (Å²) in [5.41, 5.74) is 24.5. The van der Waals surface area contributed by atoms with Crippen molar-refractivity contribution in [1.82, 2.24) is 0 Å². The monoisotopic (exact) mass is 849 g/mol. The fourth-order valence-electron chi connectivity index (χ4n) is 13.4. The third kappa shape index (κ3) is 5.85. The van der Waals surface area contributed by atoms with Gasteiger partial charge in [0, 0.05) is 17.0 Å². The maximum absolute atomic E-state index is 2.80. The third-order valence-electron chi connectivity index (χ3n) is 16.5. The Morgan fingerprint density at radius 2 is 1.06 bits per heavy atom. The Labute approximate surface area is 390 Å². The lowest BCUT2D eigenvalue weighted by Crippen LogP contribution is -2.44. The number of anilines is 1. The molecule has 1 nitrogen and oxygen atoms in total. The first-order valence-corrected chi connectivity index (χ1v) is 24.4. The molecule has 0 aromatic heterocycles. The average Bonchev–Trinajstić information content (AvgIpc) is 3.92. The van der Waals surface area contributed by atoms with Crippen LogP contribution in [0.4, 0.5) is 5.69 Å². The molecule has 0 heterocycles. The van der Waals surface area contributed by atoms with Gasteiger partial charge in [0.25, 0.3) is 0 Å². The van der Waals surface area contributed by atoms with Crippen LogP contribution in [0.5, 0.6) is 0 Å². The van der Waals surface area contributed by atoms with Crippen LogP contribution in [0.3, 0.4) is 0 Å². The zero-order valence-corrected chi connectivity index (χ0v) is 38.2. The molecule has 6 aliphatic carbocycles. The van der Waals surface area contributed by atoms with Gasteiger partial charge >= 0.3 is 0 Å². The van der Waals surface area contributed by atoms with E-state index in [1.54, 1.807) is 0 Å². The molecule has 0 aliphatic heterocycles. The van der Waals surface area contributed by atoms with Crippen molar-refractivity contribution in [3.8, 4) is 33.4 Å². The quantitative estimate of drug-likeness (QED) is 0.151. The summed E-state index contributed by atoms with van der Waals surface area (Å²) in [6.07, 6.45) is 19.8. The number of hydrogen-bond acceptors (Lipinski definition) is 1. The lowest BCUT2D eigenvalue weighted by molar-refractivity contribution is 0.349. The first-order valence-electron chi connectivity index (χ1n) is 24.4. The molecule has 5 atom stereocenters. The Hall–Kier alpha value is -6.96. The highest BCUT2D eigenvalue weighted by Crippen LogP contribution is 2.68. The number of hydrogen-bond donors (Lipinski definition) is 0.